The average molecular weight is 352 g/mol. The Morgan fingerprint density at radius 2 is 2.04 bits per heavy atom. The molecule has 7 nitrogen and oxygen atoms in total. The van der Waals surface area contributed by atoms with Crippen LogP contribution in [0.25, 0.3) is 22.4 Å². The zero-order valence-corrected chi connectivity index (χ0v) is 13.7. The summed E-state index contributed by atoms with van der Waals surface area (Å²) < 4.78 is 5.72. The Bertz CT molecular complexity index is 1060. The summed E-state index contributed by atoms with van der Waals surface area (Å²) in [4.78, 5) is 13.6. The molecule has 0 atom stereocenters. The Hall–Kier alpha value is -3.13. The third-order valence-corrected chi connectivity index (χ3v) is 4.60. The van der Waals surface area contributed by atoms with Crippen LogP contribution in [-0.4, -0.2) is 20.1 Å². The van der Waals surface area contributed by atoms with Gasteiger partial charge in [-0.1, -0.05) is 42.1 Å². The van der Waals surface area contributed by atoms with Crippen molar-refractivity contribution in [3.63, 3.8) is 0 Å². The number of non-ortho nitro benzene ring substituents is 1. The van der Waals surface area contributed by atoms with Crippen molar-refractivity contribution in [2.45, 2.75) is 11.0 Å². The molecule has 2 heterocycles. The number of nitrogens with zero attached hydrogens (tertiary/aromatic N) is 3. The number of H-pyrrole nitrogens is 1. The number of nitro benzene ring substituents is 1. The molecule has 0 bridgehead atoms. The molecule has 0 saturated heterocycles. The number of fused-ring (bicyclic) bond motifs is 1. The first-order valence-corrected chi connectivity index (χ1v) is 8.45. The van der Waals surface area contributed by atoms with E-state index in [0.29, 0.717) is 16.9 Å². The molecule has 25 heavy (non-hydrogen) atoms. The number of hydrogen-bond donors (Lipinski definition) is 1. The molecule has 0 saturated carbocycles. The Balaban J connectivity index is 1.52. The number of aromatic amines is 1. The lowest BCUT2D eigenvalue weighted by atomic mass is 10.2. The maximum atomic E-state index is 10.8. The summed E-state index contributed by atoms with van der Waals surface area (Å²) in [5, 5.41) is 20.4. The molecule has 2 aromatic heterocycles. The van der Waals surface area contributed by atoms with Crippen molar-refractivity contribution in [3.8, 4) is 11.5 Å². The smallest absolute Gasteiger partial charge is 0.277 e. The van der Waals surface area contributed by atoms with Crippen molar-refractivity contribution < 1.29 is 9.34 Å². The zero-order valence-electron chi connectivity index (χ0n) is 12.9. The number of thioether (sulfide) groups is 1. The molecule has 0 amide bonds. The molecule has 0 aliphatic rings. The van der Waals surface area contributed by atoms with Crippen molar-refractivity contribution in [1.29, 1.82) is 0 Å². The lowest BCUT2D eigenvalue weighted by molar-refractivity contribution is -0.384. The Morgan fingerprint density at radius 3 is 2.92 bits per heavy atom. The van der Waals surface area contributed by atoms with Crippen molar-refractivity contribution in [3.05, 3.63) is 70.4 Å². The lowest BCUT2D eigenvalue weighted by Crippen LogP contribution is -1.89. The fraction of sp³-hybridized carbons (Fsp3) is 0.0588. The van der Waals surface area contributed by atoms with E-state index in [0.717, 1.165) is 22.0 Å². The first-order chi connectivity index (χ1) is 12.2. The minimum Gasteiger partial charge on any atom is -0.411 e. The summed E-state index contributed by atoms with van der Waals surface area (Å²) in [6.45, 7) is 0. The van der Waals surface area contributed by atoms with E-state index in [1.165, 1.54) is 17.8 Å². The molecule has 8 heteroatoms. The highest BCUT2D eigenvalue weighted by Gasteiger charge is 2.14. The molecule has 0 radical (unpaired) electrons. The molecular weight excluding hydrogens is 340 g/mol. The molecular formula is C17H12N4O3S. The van der Waals surface area contributed by atoms with Gasteiger partial charge in [-0.05, 0) is 11.6 Å². The number of benzene rings is 2. The van der Waals surface area contributed by atoms with Crippen LogP contribution < -0.4 is 0 Å². The van der Waals surface area contributed by atoms with Crippen LogP contribution in [-0.2, 0) is 5.75 Å². The van der Waals surface area contributed by atoms with Gasteiger partial charge in [0.15, 0.2) is 0 Å². The van der Waals surface area contributed by atoms with Gasteiger partial charge in [0.2, 0.25) is 0 Å². The third-order valence-electron chi connectivity index (χ3n) is 3.71. The summed E-state index contributed by atoms with van der Waals surface area (Å²) in [7, 11) is 0. The van der Waals surface area contributed by atoms with E-state index in [9.17, 15) is 10.1 Å². The monoisotopic (exact) mass is 352 g/mol. The second-order valence-corrected chi connectivity index (χ2v) is 6.26. The highest BCUT2D eigenvalue weighted by atomic mass is 32.2. The SMILES string of the molecule is O=[N+]([O-])c1cccc(CSc2nnc(-c3c[nH]c4ccccc34)o2)c1. The Labute approximate surface area is 146 Å². The summed E-state index contributed by atoms with van der Waals surface area (Å²) >= 11 is 1.34. The van der Waals surface area contributed by atoms with E-state index < -0.39 is 4.92 Å². The third kappa shape index (κ3) is 3.11. The molecule has 0 aliphatic heterocycles. The molecule has 4 aromatic rings. The van der Waals surface area contributed by atoms with Crippen molar-refractivity contribution >= 4 is 28.4 Å². The number of hydrogen-bond acceptors (Lipinski definition) is 6. The van der Waals surface area contributed by atoms with E-state index in [1.807, 2.05) is 36.5 Å². The highest BCUT2D eigenvalue weighted by molar-refractivity contribution is 7.98. The maximum Gasteiger partial charge on any atom is 0.277 e. The van der Waals surface area contributed by atoms with Crippen LogP contribution >= 0.6 is 11.8 Å². The van der Waals surface area contributed by atoms with E-state index >= 15 is 0 Å². The number of nitrogens with one attached hydrogen (secondary N) is 1. The fourth-order valence-electron chi connectivity index (χ4n) is 2.53. The van der Waals surface area contributed by atoms with Gasteiger partial charge in [0.1, 0.15) is 0 Å². The van der Waals surface area contributed by atoms with Crippen molar-refractivity contribution in [2.75, 3.05) is 0 Å². The minimum absolute atomic E-state index is 0.0723. The maximum absolute atomic E-state index is 10.8. The summed E-state index contributed by atoms with van der Waals surface area (Å²) in [6.07, 6.45) is 1.84. The van der Waals surface area contributed by atoms with Crippen LogP contribution in [0.2, 0.25) is 0 Å². The quantitative estimate of drug-likeness (QED) is 0.324. The zero-order chi connectivity index (χ0) is 17.2. The standard InChI is InChI=1S/C17H12N4O3S/c22-21(23)12-5-3-4-11(8-12)10-25-17-20-19-16(24-17)14-9-18-15-7-2-1-6-13(14)15/h1-9,18H,10H2. The predicted molar refractivity (Wildman–Crippen MR) is 94.2 cm³/mol. The van der Waals surface area contributed by atoms with Gasteiger partial charge in [0, 0.05) is 35.0 Å². The summed E-state index contributed by atoms with van der Waals surface area (Å²) in [6, 6.07) is 14.4. The molecule has 0 spiro atoms. The number of nitro groups is 1. The van der Waals surface area contributed by atoms with Gasteiger partial charge < -0.3 is 9.40 Å². The molecule has 2 aromatic carbocycles. The Kier molecular flexibility index (Phi) is 3.95. The summed E-state index contributed by atoms with van der Waals surface area (Å²) in [5.41, 5.74) is 2.75. The van der Waals surface area contributed by atoms with Crippen molar-refractivity contribution in [1.82, 2.24) is 15.2 Å². The molecule has 1 N–H and O–H groups in total. The molecule has 0 aliphatic carbocycles. The first-order valence-electron chi connectivity index (χ1n) is 7.47. The van der Waals surface area contributed by atoms with Crippen molar-refractivity contribution in [2.24, 2.45) is 0 Å². The van der Waals surface area contributed by atoms with Gasteiger partial charge in [0.05, 0.1) is 10.5 Å². The predicted octanol–water partition coefficient (Wildman–Crippen LogP) is 4.42. The summed E-state index contributed by atoms with van der Waals surface area (Å²) in [5.74, 6) is 0.955. The van der Waals surface area contributed by atoms with E-state index in [4.69, 9.17) is 4.42 Å². The normalized spacial score (nSPS) is 11.0. The average Bonchev–Trinajstić information content (AvgIpc) is 3.26. The van der Waals surface area contributed by atoms with Gasteiger partial charge >= 0.3 is 0 Å². The van der Waals surface area contributed by atoms with Crippen LogP contribution in [0, 0.1) is 10.1 Å². The highest BCUT2D eigenvalue weighted by Crippen LogP contribution is 2.30. The second kappa shape index (κ2) is 6.40. The molecule has 0 fully saturated rings. The van der Waals surface area contributed by atoms with Gasteiger partial charge in [-0.25, -0.2) is 0 Å². The largest absolute Gasteiger partial charge is 0.411 e. The topological polar surface area (TPSA) is 97.9 Å². The Morgan fingerprint density at radius 1 is 1.16 bits per heavy atom. The number of para-hydroxylation sites is 1. The fourth-order valence-corrected chi connectivity index (χ4v) is 3.24. The number of rotatable bonds is 5. The van der Waals surface area contributed by atoms with E-state index in [2.05, 4.69) is 15.2 Å². The molecule has 124 valence electrons. The van der Waals surface area contributed by atoms with Crippen LogP contribution in [0.15, 0.2) is 64.4 Å². The van der Waals surface area contributed by atoms with Crippen LogP contribution in [0.4, 0.5) is 5.69 Å². The van der Waals surface area contributed by atoms with Crippen LogP contribution in [0.5, 0.6) is 0 Å². The van der Waals surface area contributed by atoms with Crippen LogP contribution in [0.3, 0.4) is 0 Å². The van der Waals surface area contributed by atoms with E-state index in [1.54, 1.807) is 12.1 Å². The lowest BCUT2D eigenvalue weighted by Gasteiger charge is -1.98. The van der Waals surface area contributed by atoms with Gasteiger partial charge in [0.25, 0.3) is 16.8 Å². The van der Waals surface area contributed by atoms with Gasteiger partial charge in [-0.2, -0.15) is 0 Å². The van der Waals surface area contributed by atoms with E-state index in [-0.39, 0.29) is 5.69 Å². The van der Waals surface area contributed by atoms with Gasteiger partial charge in [-0.3, -0.25) is 10.1 Å². The molecule has 0 unspecified atom stereocenters. The second-order valence-electron chi connectivity index (χ2n) is 5.34. The van der Waals surface area contributed by atoms with Crippen LogP contribution in [0.1, 0.15) is 5.56 Å². The minimum atomic E-state index is -0.407. The molecule has 4 rings (SSSR count). The number of aromatic nitrogens is 3. The van der Waals surface area contributed by atoms with Gasteiger partial charge in [-0.15, -0.1) is 10.2 Å². The first kappa shape index (κ1) is 15.4.